The fourth-order valence-electron chi connectivity index (χ4n) is 14.4. The smallest absolute Gasteiger partial charge is 0.0542 e. The Bertz CT molecular complexity index is 3860. The van der Waals surface area contributed by atoms with Gasteiger partial charge in [0.1, 0.15) is 0 Å². The maximum atomic E-state index is 2.74. The number of rotatable bonds is 4. The lowest BCUT2D eigenvalue weighted by Gasteiger charge is -2.48. The van der Waals surface area contributed by atoms with Crippen molar-refractivity contribution >= 4 is 51.2 Å². The van der Waals surface area contributed by atoms with Crippen LogP contribution in [0.2, 0.25) is 0 Å². The predicted octanol–water partition coefficient (Wildman–Crippen LogP) is 21.0. The van der Waals surface area contributed by atoms with Gasteiger partial charge in [-0.25, -0.2) is 0 Å². The number of para-hydroxylation sites is 2. The van der Waals surface area contributed by atoms with E-state index in [0.29, 0.717) is 0 Å². The highest BCUT2D eigenvalue weighted by Gasteiger charge is 2.49. The van der Waals surface area contributed by atoms with Gasteiger partial charge in [-0.15, -0.1) is 0 Å². The highest BCUT2D eigenvalue weighted by atomic mass is 15.2. The zero-order valence-electron chi connectivity index (χ0n) is 50.1. The first-order valence-electron chi connectivity index (χ1n) is 29.4. The van der Waals surface area contributed by atoms with E-state index in [9.17, 15) is 0 Å². The molecule has 0 fully saturated rings. The highest BCUT2D eigenvalue weighted by molar-refractivity contribution is 6.05. The molecule has 400 valence electrons. The van der Waals surface area contributed by atoms with Crippen molar-refractivity contribution in [3.63, 3.8) is 0 Å². The number of hydrogen-bond donors (Lipinski definition) is 0. The van der Waals surface area contributed by atoms with Gasteiger partial charge in [0.2, 0.25) is 0 Å². The molecule has 79 heavy (non-hydrogen) atoms. The lowest BCUT2D eigenvalue weighted by atomic mass is 9.63. The molecule has 3 aliphatic heterocycles. The summed E-state index contributed by atoms with van der Waals surface area (Å²) in [5.74, 6) is -0.00611. The second-order valence-electron chi connectivity index (χ2n) is 29.0. The van der Waals surface area contributed by atoms with E-state index in [2.05, 4.69) is 283 Å². The van der Waals surface area contributed by atoms with Crippen molar-refractivity contribution in [1.29, 1.82) is 0 Å². The fraction of sp³-hybridized carbons (Fsp3) is 0.342. The van der Waals surface area contributed by atoms with Crippen LogP contribution < -0.4 is 14.7 Å². The van der Waals surface area contributed by atoms with E-state index < -0.39 is 0 Å². The van der Waals surface area contributed by atoms with E-state index in [1.54, 1.807) is 0 Å². The van der Waals surface area contributed by atoms with Crippen LogP contribution in [0.15, 0.2) is 163 Å². The van der Waals surface area contributed by atoms with E-state index in [1.165, 1.54) is 135 Å². The lowest BCUT2D eigenvalue weighted by Crippen LogP contribution is -2.35. The van der Waals surface area contributed by atoms with Crippen LogP contribution in [0.3, 0.4) is 0 Å². The topological polar surface area (TPSA) is 9.72 Å². The van der Waals surface area contributed by atoms with Gasteiger partial charge in [0.25, 0.3) is 0 Å². The van der Waals surface area contributed by atoms with Crippen LogP contribution in [0, 0.1) is 6.92 Å². The molecule has 0 bridgehead atoms. The molecule has 0 N–H and O–H groups in total. The van der Waals surface area contributed by atoms with Crippen LogP contribution in [0.1, 0.15) is 189 Å². The summed E-state index contributed by atoms with van der Waals surface area (Å²) in [6, 6.07) is 62.4. The third kappa shape index (κ3) is 7.94. The van der Waals surface area contributed by atoms with Gasteiger partial charge in [-0.1, -0.05) is 189 Å². The molecule has 0 aromatic heterocycles. The van der Waals surface area contributed by atoms with E-state index in [0.717, 1.165) is 18.5 Å². The van der Waals surface area contributed by atoms with E-state index in [1.807, 2.05) is 0 Å². The summed E-state index contributed by atoms with van der Waals surface area (Å²) in [6.45, 7) is 38.2. The average molecular weight is 1040 g/mol. The van der Waals surface area contributed by atoms with Crippen molar-refractivity contribution in [1.82, 2.24) is 0 Å². The van der Waals surface area contributed by atoms with Crippen molar-refractivity contribution < 1.29 is 0 Å². The zero-order chi connectivity index (χ0) is 55.7. The molecule has 3 heteroatoms. The van der Waals surface area contributed by atoms with Crippen LogP contribution in [-0.2, 0) is 38.9 Å². The largest absolute Gasteiger partial charge is 0.310 e. The van der Waals surface area contributed by atoms with Gasteiger partial charge in [0.05, 0.1) is 39.8 Å². The van der Waals surface area contributed by atoms with Gasteiger partial charge >= 0.3 is 0 Å². The van der Waals surface area contributed by atoms with Gasteiger partial charge in [0, 0.05) is 39.4 Å². The molecular formula is C76H81N3. The molecule has 0 saturated heterocycles. The molecule has 0 radical (unpaired) electrons. The number of allylic oxidation sites excluding steroid dienone is 1. The minimum atomic E-state index is -0.302. The molecule has 8 aromatic carbocycles. The van der Waals surface area contributed by atoms with Crippen LogP contribution in [0.25, 0.3) is 16.8 Å². The first kappa shape index (κ1) is 51.3. The SMILES string of the molecule is Cc1cc2c3c(c1)N(c1ccc(C(C)(C)C)cc1-c1ccc(C(C)(C)C)cc1)c1cc4c(cc1C3C1=C(c3cc(C(C)(C)C)ccc3C1)N2c1ccc2c(c1)C(C)(C)CCC2(C)C)C(C)(C)c1ccccc1N4c1ccccc1. The fourth-order valence-corrected chi connectivity index (χ4v) is 14.4. The molecule has 0 saturated carbocycles. The Kier molecular flexibility index (Phi) is 11.2. The van der Waals surface area contributed by atoms with E-state index >= 15 is 0 Å². The maximum absolute atomic E-state index is 2.74. The number of aryl methyl sites for hydroxylation is 1. The van der Waals surface area contributed by atoms with Crippen LogP contribution >= 0.6 is 0 Å². The Hall–Kier alpha value is -7.10. The third-order valence-electron chi connectivity index (χ3n) is 19.2. The highest BCUT2D eigenvalue weighted by Crippen LogP contribution is 2.66. The van der Waals surface area contributed by atoms with Crippen LogP contribution in [0.5, 0.6) is 0 Å². The van der Waals surface area contributed by atoms with Crippen molar-refractivity contribution in [2.45, 2.75) is 168 Å². The maximum Gasteiger partial charge on any atom is 0.0542 e. The average Bonchev–Trinajstić information content (AvgIpc) is 3.90. The lowest BCUT2D eigenvalue weighted by molar-refractivity contribution is 0.332. The quantitative estimate of drug-likeness (QED) is 0.174. The Morgan fingerprint density at radius 1 is 0.418 bits per heavy atom. The van der Waals surface area contributed by atoms with E-state index in [4.69, 9.17) is 0 Å². The number of hydrogen-bond acceptors (Lipinski definition) is 3. The first-order chi connectivity index (χ1) is 37.2. The monoisotopic (exact) mass is 1040 g/mol. The van der Waals surface area contributed by atoms with Crippen molar-refractivity contribution in [3.05, 3.63) is 230 Å². The molecule has 3 heterocycles. The Morgan fingerprint density at radius 3 is 1.68 bits per heavy atom. The van der Waals surface area contributed by atoms with Crippen molar-refractivity contribution in [2.75, 3.05) is 14.7 Å². The Labute approximate surface area is 473 Å². The van der Waals surface area contributed by atoms with Gasteiger partial charge in [0.15, 0.2) is 0 Å². The Morgan fingerprint density at radius 2 is 1.01 bits per heavy atom. The first-order valence-corrected chi connectivity index (χ1v) is 29.4. The minimum absolute atomic E-state index is 0.00611. The number of fused-ring (bicyclic) bond motifs is 8. The summed E-state index contributed by atoms with van der Waals surface area (Å²) in [6.07, 6.45) is 3.24. The summed E-state index contributed by atoms with van der Waals surface area (Å²) in [7, 11) is 0. The van der Waals surface area contributed by atoms with Gasteiger partial charge in [-0.05, 0) is 193 Å². The molecule has 2 aliphatic carbocycles. The molecule has 0 spiro atoms. The molecule has 13 rings (SSSR count). The van der Waals surface area contributed by atoms with E-state index in [-0.39, 0.29) is 38.4 Å². The molecule has 3 nitrogen and oxygen atoms in total. The summed E-state index contributed by atoms with van der Waals surface area (Å²) in [5, 5.41) is 0. The van der Waals surface area contributed by atoms with Crippen LogP contribution in [-0.4, -0.2) is 0 Å². The number of benzene rings is 8. The molecule has 1 atom stereocenters. The summed E-state index contributed by atoms with van der Waals surface area (Å²) >= 11 is 0. The molecule has 8 aromatic rings. The van der Waals surface area contributed by atoms with Crippen molar-refractivity contribution in [2.24, 2.45) is 0 Å². The predicted molar refractivity (Wildman–Crippen MR) is 337 cm³/mol. The van der Waals surface area contributed by atoms with Gasteiger partial charge < -0.3 is 14.7 Å². The molecular weight excluding hydrogens is 955 g/mol. The van der Waals surface area contributed by atoms with Crippen molar-refractivity contribution in [3.8, 4) is 11.1 Å². The number of nitrogens with zero attached hydrogens (tertiary/aromatic N) is 3. The molecule has 0 amide bonds. The zero-order valence-corrected chi connectivity index (χ0v) is 50.1. The standard InChI is InChI=1S/C76H81N3/c1-46-38-66-69-67(39-46)79(62-35-32-51(73(8,9)10)41-54(62)47-26-29-49(30-27-47)71(2,3)4)64-45-65-61(76(15,16)59-24-20-21-25-63(59)77(65)52-22-18-17-19-23-52)44-56(64)68(69)57-40-48-28-31-50(72(5,6)7)42-55(48)70(57)78(66)53-33-34-58-60(43-53)75(13,14)37-36-74(58,11)12/h17-35,38-39,41-45,68H,36-37,40H2,1-16H3. The molecule has 5 aliphatic rings. The number of anilines is 8. The summed E-state index contributed by atoms with van der Waals surface area (Å²) in [5.41, 5.74) is 31.5. The normalized spacial score (nSPS) is 18.3. The van der Waals surface area contributed by atoms with Gasteiger partial charge in [-0.3, -0.25) is 0 Å². The molecule has 1 unspecified atom stereocenters. The summed E-state index contributed by atoms with van der Waals surface area (Å²) < 4.78 is 0. The van der Waals surface area contributed by atoms with Crippen LogP contribution in [0.4, 0.5) is 45.5 Å². The Balaban J connectivity index is 1.16. The second-order valence-corrected chi connectivity index (χ2v) is 29.0. The summed E-state index contributed by atoms with van der Waals surface area (Å²) in [4.78, 5) is 7.99. The third-order valence-corrected chi connectivity index (χ3v) is 19.2. The van der Waals surface area contributed by atoms with Gasteiger partial charge in [-0.2, -0.15) is 0 Å². The minimum Gasteiger partial charge on any atom is -0.310 e. The second kappa shape index (κ2) is 17.2.